The van der Waals surface area contributed by atoms with Gasteiger partial charge in [-0.3, -0.25) is 10.1 Å². The van der Waals surface area contributed by atoms with Crippen LogP contribution < -0.4 is 5.32 Å². The van der Waals surface area contributed by atoms with Crippen molar-refractivity contribution in [1.82, 2.24) is 15.1 Å². The summed E-state index contributed by atoms with van der Waals surface area (Å²) in [7, 11) is 0. The van der Waals surface area contributed by atoms with Crippen LogP contribution in [0.5, 0.6) is 0 Å². The number of pyridine rings is 1. The molecular formula is C12H14ClN5O4. The molecule has 0 radical (unpaired) electrons. The average molecular weight is 328 g/mol. The Bertz CT molecular complexity index is 663. The predicted octanol–water partition coefficient (Wildman–Crippen LogP) is 2.74. The molecule has 0 aromatic carbocycles. The van der Waals surface area contributed by atoms with E-state index in [-0.39, 0.29) is 23.4 Å². The van der Waals surface area contributed by atoms with Gasteiger partial charge in [-0.1, -0.05) is 16.8 Å². The van der Waals surface area contributed by atoms with Gasteiger partial charge in [-0.25, -0.2) is 4.98 Å². The van der Waals surface area contributed by atoms with E-state index in [1.165, 1.54) is 6.07 Å². The Hall–Kier alpha value is -2.26. The first kappa shape index (κ1) is 16.1. The third kappa shape index (κ3) is 3.89. The lowest BCUT2D eigenvalue weighted by molar-refractivity contribution is -0.385. The fourth-order valence-corrected chi connectivity index (χ4v) is 1.87. The van der Waals surface area contributed by atoms with Crippen molar-refractivity contribution >= 4 is 23.1 Å². The first-order valence-electron chi connectivity index (χ1n) is 6.49. The summed E-state index contributed by atoms with van der Waals surface area (Å²) in [5, 5.41) is 17.4. The molecule has 9 nitrogen and oxygen atoms in total. The molecule has 2 rings (SSSR count). The van der Waals surface area contributed by atoms with Gasteiger partial charge in [-0.15, -0.1) is 0 Å². The lowest BCUT2D eigenvalue weighted by atomic mass is 10.4. The van der Waals surface area contributed by atoms with E-state index in [1.54, 1.807) is 0 Å². The first-order valence-corrected chi connectivity index (χ1v) is 6.87. The molecule has 118 valence electrons. The molecular weight excluding hydrogens is 314 g/mol. The summed E-state index contributed by atoms with van der Waals surface area (Å²) in [6.07, 6.45) is 0.855. The van der Waals surface area contributed by atoms with Gasteiger partial charge in [0.2, 0.25) is 5.89 Å². The summed E-state index contributed by atoms with van der Waals surface area (Å²) < 4.78 is 10.4. The lowest BCUT2D eigenvalue weighted by Gasteiger charge is -2.05. The lowest BCUT2D eigenvalue weighted by Crippen LogP contribution is -2.04. The van der Waals surface area contributed by atoms with Crippen LogP contribution in [0.1, 0.15) is 31.7 Å². The highest BCUT2D eigenvalue weighted by molar-refractivity contribution is 6.33. The van der Waals surface area contributed by atoms with Crippen LogP contribution in [0, 0.1) is 10.1 Å². The normalized spacial score (nSPS) is 12.1. The molecule has 0 bridgehead atoms. The zero-order valence-electron chi connectivity index (χ0n) is 11.9. The largest absolute Gasteiger partial charge is 0.371 e. The van der Waals surface area contributed by atoms with Crippen molar-refractivity contribution < 1.29 is 14.2 Å². The quantitative estimate of drug-likeness (QED) is 0.609. The maximum atomic E-state index is 10.6. The fraction of sp³-hybridized carbons (Fsp3) is 0.417. The van der Waals surface area contributed by atoms with Crippen LogP contribution in [0.3, 0.4) is 0 Å². The molecule has 0 saturated carbocycles. The molecule has 2 aromatic heterocycles. The number of ether oxygens (including phenoxy) is 1. The predicted molar refractivity (Wildman–Crippen MR) is 77.6 cm³/mol. The van der Waals surface area contributed by atoms with E-state index in [0.717, 1.165) is 6.20 Å². The van der Waals surface area contributed by atoms with Crippen LogP contribution in [-0.4, -0.2) is 26.7 Å². The van der Waals surface area contributed by atoms with Crippen molar-refractivity contribution in [2.45, 2.75) is 26.5 Å². The Kier molecular flexibility index (Phi) is 5.23. The molecule has 0 spiro atoms. The first-order chi connectivity index (χ1) is 10.5. The molecule has 0 aliphatic rings. The molecule has 0 fully saturated rings. The molecule has 22 heavy (non-hydrogen) atoms. The second kappa shape index (κ2) is 7.14. The van der Waals surface area contributed by atoms with Crippen molar-refractivity contribution in [3.8, 4) is 0 Å². The van der Waals surface area contributed by atoms with E-state index >= 15 is 0 Å². The molecule has 0 aliphatic carbocycles. The number of halogens is 1. The van der Waals surface area contributed by atoms with E-state index in [2.05, 4.69) is 20.4 Å². The summed E-state index contributed by atoms with van der Waals surface area (Å²) in [5.41, 5.74) is -0.179. The van der Waals surface area contributed by atoms with Crippen molar-refractivity contribution in [1.29, 1.82) is 0 Å². The summed E-state index contributed by atoms with van der Waals surface area (Å²) in [6, 6.07) is 1.22. The van der Waals surface area contributed by atoms with E-state index < -0.39 is 4.92 Å². The number of hydrogen-bond acceptors (Lipinski definition) is 8. The summed E-state index contributed by atoms with van der Waals surface area (Å²) >= 11 is 5.92. The van der Waals surface area contributed by atoms with Crippen LogP contribution >= 0.6 is 11.6 Å². The van der Waals surface area contributed by atoms with Crippen molar-refractivity contribution in [2.75, 3.05) is 11.9 Å². The molecule has 2 aromatic rings. The van der Waals surface area contributed by atoms with Gasteiger partial charge >= 0.3 is 0 Å². The minimum atomic E-state index is -0.567. The van der Waals surface area contributed by atoms with Gasteiger partial charge in [0.25, 0.3) is 5.69 Å². The van der Waals surface area contributed by atoms with Gasteiger partial charge in [0.15, 0.2) is 5.82 Å². The molecule has 0 aliphatic heterocycles. The van der Waals surface area contributed by atoms with E-state index in [9.17, 15) is 10.1 Å². The second-order valence-corrected chi connectivity index (χ2v) is 4.69. The molecule has 0 amide bonds. The number of nitrogens with zero attached hydrogens (tertiary/aromatic N) is 4. The number of aromatic nitrogens is 3. The van der Waals surface area contributed by atoms with Crippen LogP contribution in [-0.2, 0) is 11.3 Å². The zero-order valence-corrected chi connectivity index (χ0v) is 12.7. The Morgan fingerprint density at radius 1 is 1.59 bits per heavy atom. The van der Waals surface area contributed by atoms with Gasteiger partial charge in [0.1, 0.15) is 18.1 Å². The topological polar surface area (TPSA) is 116 Å². The Balaban J connectivity index is 2.00. The maximum Gasteiger partial charge on any atom is 0.289 e. The zero-order chi connectivity index (χ0) is 16.1. The molecule has 0 saturated heterocycles. The third-order valence-corrected chi connectivity index (χ3v) is 3.00. The number of nitro groups is 1. The molecule has 1 unspecified atom stereocenters. The average Bonchev–Trinajstić information content (AvgIpc) is 2.95. The van der Waals surface area contributed by atoms with Gasteiger partial charge in [0.05, 0.1) is 16.5 Å². The third-order valence-electron chi connectivity index (χ3n) is 2.71. The SMILES string of the molecule is CCOC(C)c1noc(CNc2ncc([N+](=O)[O-])cc2Cl)n1. The number of hydrogen-bond donors (Lipinski definition) is 1. The second-order valence-electron chi connectivity index (χ2n) is 4.28. The van der Waals surface area contributed by atoms with E-state index in [1.807, 2.05) is 13.8 Å². The monoisotopic (exact) mass is 327 g/mol. The van der Waals surface area contributed by atoms with Crippen LogP contribution in [0.4, 0.5) is 11.5 Å². The van der Waals surface area contributed by atoms with Crippen molar-refractivity contribution in [2.24, 2.45) is 0 Å². The van der Waals surface area contributed by atoms with Gasteiger partial charge in [-0.2, -0.15) is 4.98 Å². The number of rotatable bonds is 7. The van der Waals surface area contributed by atoms with Crippen LogP contribution in [0.25, 0.3) is 0 Å². The highest BCUT2D eigenvalue weighted by Crippen LogP contribution is 2.24. The van der Waals surface area contributed by atoms with Crippen LogP contribution in [0.15, 0.2) is 16.8 Å². The molecule has 10 heteroatoms. The van der Waals surface area contributed by atoms with Crippen LogP contribution in [0.2, 0.25) is 5.02 Å². The summed E-state index contributed by atoms with van der Waals surface area (Å²) in [5.74, 6) is 1.07. The summed E-state index contributed by atoms with van der Waals surface area (Å²) in [6.45, 7) is 4.43. The molecule has 1 N–H and O–H groups in total. The Morgan fingerprint density at radius 3 is 3.00 bits per heavy atom. The highest BCUT2D eigenvalue weighted by Gasteiger charge is 2.15. The Labute approximate surface area is 130 Å². The minimum absolute atomic E-state index is 0.136. The smallest absolute Gasteiger partial charge is 0.289 e. The van der Waals surface area contributed by atoms with E-state index in [0.29, 0.717) is 24.1 Å². The highest BCUT2D eigenvalue weighted by atomic mass is 35.5. The van der Waals surface area contributed by atoms with Crippen molar-refractivity contribution in [3.63, 3.8) is 0 Å². The summed E-state index contributed by atoms with van der Waals surface area (Å²) in [4.78, 5) is 18.1. The number of anilines is 1. The van der Waals surface area contributed by atoms with Gasteiger partial charge < -0.3 is 14.6 Å². The van der Waals surface area contributed by atoms with E-state index in [4.69, 9.17) is 20.9 Å². The maximum absolute atomic E-state index is 10.6. The molecule has 1 atom stereocenters. The Morgan fingerprint density at radius 2 is 2.36 bits per heavy atom. The number of nitrogens with one attached hydrogen (secondary N) is 1. The molecule has 2 heterocycles. The van der Waals surface area contributed by atoms with Crippen molar-refractivity contribution in [3.05, 3.63) is 39.1 Å². The minimum Gasteiger partial charge on any atom is -0.371 e. The fourth-order valence-electron chi connectivity index (χ4n) is 1.65. The van der Waals surface area contributed by atoms with Gasteiger partial charge in [-0.05, 0) is 13.8 Å². The van der Waals surface area contributed by atoms with Gasteiger partial charge in [0, 0.05) is 12.7 Å². The standard InChI is InChI=1S/C12H14ClN5O4/c1-3-21-7(2)11-16-10(22-17-11)6-15-12-9(13)4-8(5-14-12)18(19)20/h4-5,7H,3,6H2,1-2H3,(H,14,15).